The van der Waals surface area contributed by atoms with E-state index in [0.29, 0.717) is 16.9 Å². The molecule has 1 atom stereocenters. The average Bonchev–Trinajstić information content (AvgIpc) is 2.46. The summed E-state index contributed by atoms with van der Waals surface area (Å²) < 4.78 is 42.5. The summed E-state index contributed by atoms with van der Waals surface area (Å²) in [6.45, 7) is -5.01. The Bertz CT molecular complexity index is 564. The van der Waals surface area contributed by atoms with Crippen molar-refractivity contribution in [2.75, 3.05) is 7.11 Å². The summed E-state index contributed by atoms with van der Waals surface area (Å²) >= 11 is 0. The molecule has 106 valence electrons. The lowest BCUT2D eigenvalue weighted by molar-refractivity contribution is 0.220. The van der Waals surface area contributed by atoms with Crippen molar-refractivity contribution < 1.29 is 22.8 Å². The molecule has 0 saturated heterocycles. The second kappa shape index (κ2) is 5.59. The largest absolute Gasteiger partial charge is 0.509 e. The minimum absolute atomic E-state index is 0.416. The first-order valence-corrected chi connectivity index (χ1v) is 6.03. The number of benzene rings is 2. The van der Waals surface area contributed by atoms with Crippen LogP contribution in [-0.2, 0) is 0 Å². The number of hydrogen-bond donors (Lipinski definition) is 1. The van der Waals surface area contributed by atoms with Crippen LogP contribution in [0.25, 0.3) is 0 Å². The molecule has 20 heavy (non-hydrogen) atoms. The Hall–Kier alpha value is -1.95. The van der Waals surface area contributed by atoms with E-state index < -0.39 is 18.5 Å². The lowest BCUT2D eigenvalue weighted by atomic mass is 9.79. The highest BCUT2D eigenvalue weighted by Gasteiger charge is 2.25. The molecule has 0 aliphatic heterocycles. The number of ether oxygens (including phenoxy) is 1. The second-order valence-corrected chi connectivity index (χ2v) is 4.42. The molecule has 1 N–H and O–H groups in total. The summed E-state index contributed by atoms with van der Waals surface area (Å²) in [4.78, 5) is 0. The fourth-order valence-electron chi connectivity index (χ4n) is 1.88. The maximum Gasteiger partial charge on any atom is 0.509 e. The third kappa shape index (κ3) is 3.14. The van der Waals surface area contributed by atoms with Crippen molar-refractivity contribution in [3.63, 3.8) is 0 Å². The van der Waals surface area contributed by atoms with Gasteiger partial charge in [-0.15, -0.1) is 5.46 Å². The maximum absolute atomic E-state index is 12.5. The number of aliphatic hydroxyl groups is 1. The molecule has 0 aromatic heterocycles. The normalized spacial score (nSPS) is 13.1. The van der Waals surface area contributed by atoms with E-state index in [4.69, 9.17) is 4.74 Å². The molecule has 0 heterocycles. The van der Waals surface area contributed by atoms with Crippen molar-refractivity contribution in [3.05, 3.63) is 59.7 Å². The summed E-state index contributed by atoms with van der Waals surface area (Å²) in [5, 5.41) is 10.1. The lowest BCUT2D eigenvalue weighted by Gasteiger charge is -2.17. The van der Waals surface area contributed by atoms with E-state index in [9.17, 15) is 18.1 Å². The number of hydrogen-bond acceptors (Lipinski definition) is 2. The van der Waals surface area contributed by atoms with Gasteiger partial charge in [0.1, 0.15) is 11.9 Å². The Morgan fingerprint density at radius 2 is 1.35 bits per heavy atom. The molecule has 0 spiro atoms. The minimum atomic E-state index is -5.01. The van der Waals surface area contributed by atoms with E-state index in [1.54, 1.807) is 24.3 Å². The molecule has 1 unspecified atom stereocenters. The van der Waals surface area contributed by atoms with Gasteiger partial charge in [-0.1, -0.05) is 36.4 Å². The highest BCUT2D eigenvalue weighted by molar-refractivity contribution is 6.73. The van der Waals surface area contributed by atoms with Crippen molar-refractivity contribution in [1.29, 1.82) is 0 Å². The van der Waals surface area contributed by atoms with Gasteiger partial charge in [0.2, 0.25) is 0 Å². The number of rotatable bonds is 4. The zero-order valence-corrected chi connectivity index (χ0v) is 10.8. The maximum atomic E-state index is 12.5. The van der Waals surface area contributed by atoms with Gasteiger partial charge in [-0.2, -0.15) is 0 Å². The summed E-state index contributed by atoms with van der Waals surface area (Å²) in [6.07, 6.45) is -0.962. The van der Waals surface area contributed by atoms with E-state index in [1.165, 1.54) is 19.2 Å². The van der Waals surface area contributed by atoms with Gasteiger partial charge < -0.3 is 22.8 Å². The van der Waals surface area contributed by atoms with Crippen LogP contribution in [0.1, 0.15) is 17.2 Å². The molecule has 0 amide bonds. The molecular weight excluding hydrogens is 268 g/mol. The van der Waals surface area contributed by atoms with Crippen LogP contribution in [0.4, 0.5) is 12.9 Å². The van der Waals surface area contributed by atoms with E-state index in [1.807, 2.05) is 0 Å². The van der Waals surface area contributed by atoms with Crippen LogP contribution < -0.4 is 10.2 Å². The highest BCUT2D eigenvalue weighted by atomic mass is 19.4. The van der Waals surface area contributed by atoms with Gasteiger partial charge >= 0.3 is 6.98 Å². The highest BCUT2D eigenvalue weighted by Crippen LogP contribution is 2.23. The van der Waals surface area contributed by atoms with Crippen LogP contribution in [0, 0.1) is 0 Å². The Balaban J connectivity index is 2.22. The zero-order valence-electron chi connectivity index (χ0n) is 10.8. The van der Waals surface area contributed by atoms with Gasteiger partial charge in [-0.3, -0.25) is 0 Å². The van der Waals surface area contributed by atoms with Crippen LogP contribution >= 0.6 is 0 Å². The first-order chi connectivity index (χ1) is 9.41. The smallest absolute Gasteiger partial charge is 0.497 e. The molecule has 0 aliphatic carbocycles. The third-order valence-corrected chi connectivity index (χ3v) is 3.06. The van der Waals surface area contributed by atoms with Crippen LogP contribution in [0.5, 0.6) is 5.75 Å². The number of halogens is 3. The lowest BCUT2D eigenvalue weighted by Crippen LogP contribution is -2.33. The minimum Gasteiger partial charge on any atom is -0.497 e. The van der Waals surface area contributed by atoms with Gasteiger partial charge in [0, 0.05) is 0 Å². The molecule has 0 bridgehead atoms. The monoisotopic (exact) mass is 281 g/mol. The van der Waals surface area contributed by atoms with Crippen molar-refractivity contribution in [3.8, 4) is 5.75 Å². The SMILES string of the molecule is COc1ccc(C(O)c2ccc([B-](F)(F)F)cc2)cc1. The quantitative estimate of drug-likeness (QED) is 0.873. The topological polar surface area (TPSA) is 29.5 Å². The molecule has 2 aromatic rings. The Kier molecular flexibility index (Phi) is 4.04. The summed E-state index contributed by atoms with van der Waals surface area (Å²) in [6, 6.07) is 11.3. The van der Waals surface area contributed by atoms with Crippen LogP contribution in [-0.4, -0.2) is 19.2 Å². The van der Waals surface area contributed by atoms with Gasteiger partial charge in [0.05, 0.1) is 7.11 Å². The van der Waals surface area contributed by atoms with Crippen molar-refractivity contribution in [1.82, 2.24) is 0 Å². The van der Waals surface area contributed by atoms with Gasteiger partial charge in [-0.25, -0.2) is 0 Å². The van der Waals surface area contributed by atoms with Crippen molar-refractivity contribution >= 4 is 12.4 Å². The molecule has 2 aromatic carbocycles. The fraction of sp³-hybridized carbons (Fsp3) is 0.143. The zero-order chi connectivity index (χ0) is 14.8. The predicted octanol–water partition coefficient (Wildman–Crippen LogP) is 2.83. The molecule has 2 rings (SSSR count). The summed E-state index contributed by atoms with van der Waals surface area (Å²) in [5.41, 5.74) is 0.339. The number of methoxy groups -OCH3 is 1. The van der Waals surface area contributed by atoms with Crippen molar-refractivity contribution in [2.45, 2.75) is 6.10 Å². The fourth-order valence-corrected chi connectivity index (χ4v) is 1.88. The molecular formula is C14H13BF3O2-. The molecule has 0 aliphatic rings. The molecule has 6 heteroatoms. The van der Waals surface area contributed by atoms with Gasteiger partial charge in [0.15, 0.2) is 0 Å². The van der Waals surface area contributed by atoms with E-state index in [0.717, 1.165) is 12.1 Å². The first kappa shape index (κ1) is 14.5. The first-order valence-electron chi connectivity index (χ1n) is 6.03. The Labute approximate surface area is 114 Å². The summed E-state index contributed by atoms with van der Waals surface area (Å²) in [7, 11) is 1.53. The third-order valence-electron chi connectivity index (χ3n) is 3.06. The molecule has 0 fully saturated rings. The molecule has 0 saturated carbocycles. The van der Waals surface area contributed by atoms with Crippen molar-refractivity contribution in [2.24, 2.45) is 0 Å². The predicted molar refractivity (Wildman–Crippen MR) is 72.2 cm³/mol. The Morgan fingerprint density at radius 1 is 0.900 bits per heavy atom. The molecule has 0 radical (unpaired) electrons. The molecule has 2 nitrogen and oxygen atoms in total. The average molecular weight is 281 g/mol. The van der Waals surface area contributed by atoms with E-state index in [-0.39, 0.29) is 0 Å². The van der Waals surface area contributed by atoms with E-state index in [2.05, 4.69) is 0 Å². The summed E-state index contributed by atoms with van der Waals surface area (Å²) in [5.74, 6) is 0.649. The van der Waals surface area contributed by atoms with Crippen LogP contribution in [0.3, 0.4) is 0 Å². The Morgan fingerprint density at radius 3 is 1.75 bits per heavy atom. The van der Waals surface area contributed by atoms with E-state index >= 15 is 0 Å². The number of aliphatic hydroxyl groups excluding tert-OH is 1. The second-order valence-electron chi connectivity index (χ2n) is 4.42. The van der Waals surface area contributed by atoms with Crippen LogP contribution in [0.15, 0.2) is 48.5 Å². The standard InChI is InChI=1S/C14H13BF3O2/c1-20-13-8-4-11(5-9-13)14(19)10-2-6-12(7-3-10)15(16,17)18/h2-9,14,19H,1H3/q-1. The van der Waals surface area contributed by atoms with Gasteiger partial charge in [-0.05, 0) is 23.3 Å². The van der Waals surface area contributed by atoms with Gasteiger partial charge in [0.25, 0.3) is 0 Å². The van der Waals surface area contributed by atoms with Crippen LogP contribution in [0.2, 0.25) is 0 Å².